The molecular weight excluding hydrogens is 357 g/mol. The summed E-state index contributed by atoms with van der Waals surface area (Å²) in [5.74, 6) is -1.30. The summed E-state index contributed by atoms with van der Waals surface area (Å²) in [4.78, 5) is 24.4. The summed E-state index contributed by atoms with van der Waals surface area (Å²) in [5, 5.41) is 2.50. The minimum Gasteiger partial charge on any atom is -0.462 e. The van der Waals surface area contributed by atoms with Gasteiger partial charge < -0.3 is 15.8 Å². The number of carbonyl (C=O) groups is 2. The number of alkyl halides is 3. The van der Waals surface area contributed by atoms with E-state index in [1.807, 2.05) is 0 Å². The summed E-state index contributed by atoms with van der Waals surface area (Å²) < 4.78 is 43.1. The number of esters is 1. The summed E-state index contributed by atoms with van der Waals surface area (Å²) in [6.07, 6.45) is -4.51. The second-order valence-corrected chi connectivity index (χ2v) is 6.10. The number of anilines is 2. The van der Waals surface area contributed by atoms with E-state index in [4.69, 9.17) is 10.5 Å². The van der Waals surface area contributed by atoms with Crippen molar-refractivity contribution in [2.75, 3.05) is 17.7 Å². The number of halogens is 3. The first-order chi connectivity index (χ1) is 11.6. The van der Waals surface area contributed by atoms with Gasteiger partial charge in [0.05, 0.1) is 22.6 Å². The highest BCUT2D eigenvalue weighted by molar-refractivity contribution is 7.18. The van der Waals surface area contributed by atoms with Gasteiger partial charge in [0.25, 0.3) is 5.91 Å². The van der Waals surface area contributed by atoms with Crippen LogP contribution >= 0.6 is 11.3 Å². The Kier molecular flexibility index (Phi) is 5.36. The second-order valence-electron chi connectivity index (χ2n) is 5.05. The summed E-state index contributed by atoms with van der Waals surface area (Å²) in [5.41, 5.74) is 5.31. The van der Waals surface area contributed by atoms with Crippen LogP contribution in [0.4, 0.5) is 23.9 Å². The van der Waals surface area contributed by atoms with Crippen molar-refractivity contribution in [3.05, 3.63) is 45.8 Å². The number of ether oxygens (including phenoxy) is 1. The predicted octanol–water partition coefficient (Wildman–Crippen LogP) is 4.09. The molecule has 0 radical (unpaired) electrons. The van der Waals surface area contributed by atoms with Crippen LogP contribution in [0.25, 0.3) is 0 Å². The Balaban J connectivity index is 2.28. The van der Waals surface area contributed by atoms with Crippen molar-refractivity contribution in [1.29, 1.82) is 0 Å². The van der Waals surface area contributed by atoms with Crippen molar-refractivity contribution >= 4 is 33.9 Å². The fraction of sp³-hybridized carbons (Fsp3) is 0.250. The molecule has 0 aliphatic rings. The van der Waals surface area contributed by atoms with Gasteiger partial charge in [-0.3, -0.25) is 4.79 Å². The minimum atomic E-state index is -4.51. The van der Waals surface area contributed by atoms with E-state index in [-0.39, 0.29) is 27.7 Å². The van der Waals surface area contributed by atoms with Crippen LogP contribution in [0.15, 0.2) is 24.3 Å². The Morgan fingerprint density at radius 1 is 1.32 bits per heavy atom. The molecule has 0 spiro atoms. The number of hydrogen-bond donors (Lipinski definition) is 2. The molecule has 9 heteroatoms. The maximum Gasteiger partial charge on any atom is 0.416 e. The summed E-state index contributed by atoms with van der Waals surface area (Å²) in [7, 11) is 0. The van der Waals surface area contributed by atoms with Gasteiger partial charge >= 0.3 is 12.1 Å². The van der Waals surface area contributed by atoms with E-state index >= 15 is 0 Å². The van der Waals surface area contributed by atoms with E-state index in [1.54, 1.807) is 6.92 Å². The Bertz CT molecular complexity index is 815. The number of nitrogen functional groups attached to an aromatic ring is 1. The zero-order valence-corrected chi connectivity index (χ0v) is 14.2. The molecule has 134 valence electrons. The van der Waals surface area contributed by atoms with Gasteiger partial charge in [-0.2, -0.15) is 13.2 Å². The average molecular weight is 372 g/mol. The van der Waals surface area contributed by atoms with E-state index in [1.165, 1.54) is 19.1 Å². The predicted molar refractivity (Wildman–Crippen MR) is 88.8 cm³/mol. The van der Waals surface area contributed by atoms with Crippen LogP contribution < -0.4 is 11.1 Å². The molecule has 0 bridgehead atoms. The highest BCUT2D eigenvalue weighted by atomic mass is 32.1. The third kappa shape index (κ3) is 4.11. The van der Waals surface area contributed by atoms with E-state index in [0.29, 0.717) is 5.56 Å². The van der Waals surface area contributed by atoms with Gasteiger partial charge in [0.1, 0.15) is 5.00 Å². The lowest BCUT2D eigenvalue weighted by Crippen LogP contribution is -2.14. The standard InChI is InChI=1S/C16H15F3N2O3S/c1-3-24-15(23)11-8(2)12(25-13(11)20)14(22)21-10-6-4-5-9(7-10)16(17,18)19/h4-7H,3,20H2,1-2H3,(H,21,22). The summed E-state index contributed by atoms with van der Waals surface area (Å²) in [6, 6.07) is 4.27. The van der Waals surface area contributed by atoms with Gasteiger partial charge in [-0.1, -0.05) is 6.07 Å². The van der Waals surface area contributed by atoms with Crippen molar-refractivity contribution in [3.63, 3.8) is 0 Å². The lowest BCUT2D eigenvalue weighted by Gasteiger charge is -2.09. The van der Waals surface area contributed by atoms with Crippen LogP contribution in [0.2, 0.25) is 0 Å². The molecule has 0 unspecified atom stereocenters. The first-order valence-corrected chi connectivity index (χ1v) is 8.01. The quantitative estimate of drug-likeness (QED) is 0.792. The first kappa shape index (κ1) is 18.8. The van der Waals surface area contributed by atoms with Crippen LogP contribution in [0.1, 0.15) is 38.1 Å². The Morgan fingerprint density at radius 2 is 2.00 bits per heavy atom. The van der Waals surface area contributed by atoms with Crippen LogP contribution in [-0.2, 0) is 10.9 Å². The van der Waals surface area contributed by atoms with Crippen LogP contribution in [0.5, 0.6) is 0 Å². The second kappa shape index (κ2) is 7.14. The fourth-order valence-corrected chi connectivity index (χ4v) is 3.13. The summed E-state index contributed by atoms with van der Waals surface area (Å²) in [6.45, 7) is 3.32. The zero-order valence-electron chi connectivity index (χ0n) is 13.4. The maximum atomic E-state index is 12.7. The van der Waals surface area contributed by atoms with E-state index in [0.717, 1.165) is 23.5 Å². The third-order valence-corrected chi connectivity index (χ3v) is 4.43. The lowest BCUT2D eigenvalue weighted by atomic mass is 10.1. The highest BCUT2D eigenvalue weighted by Gasteiger charge is 2.31. The zero-order chi connectivity index (χ0) is 18.8. The SMILES string of the molecule is CCOC(=O)c1c(N)sc(C(=O)Nc2cccc(C(F)(F)F)c2)c1C. The molecule has 0 saturated heterocycles. The Morgan fingerprint density at radius 3 is 2.60 bits per heavy atom. The van der Waals surface area contributed by atoms with E-state index in [2.05, 4.69) is 5.32 Å². The number of thiophene rings is 1. The smallest absolute Gasteiger partial charge is 0.416 e. The number of carbonyl (C=O) groups excluding carboxylic acids is 2. The molecule has 0 fully saturated rings. The Labute approximate surface area is 145 Å². The van der Waals surface area contributed by atoms with Gasteiger partial charge in [0.15, 0.2) is 0 Å². The normalized spacial score (nSPS) is 11.2. The monoisotopic (exact) mass is 372 g/mol. The number of nitrogens with one attached hydrogen (secondary N) is 1. The molecule has 2 rings (SSSR count). The molecule has 0 aliphatic carbocycles. The van der Waals surface area contributed by atoms with Crippen molar-refractivity contribution in [2.24, 2.45) is 0 Å². The van der Waals surface area contributed by atoms with Gasteiger partial charge in [0, 0.05) is 5.69 Å². The number of benzene rings is 1. The summed E-state index contributed by atoms with van der Waals surface area (Å²) >= 11 is 0.875. The number of rotatable bonds is 4. The molecule has 1 heterocycles. The van der Waals surface area contributed by atoms with Gasteiger partial charge in [0.2, 0.25) is 0 Å². The average Bonchev–Trinajstić information content (AvgIpc) is 2.82. The van der Waals surface area contributed by atoms with Gasteiger partial charge in [-0.05, 0) is 37.6 Å². The van der Waals surface area contributed by atoms with E-state index in [9.17, 15) is 22.8 Å². The van der Waals surface area contributed by atoms with Crippen molar-refractivity contribution in [2.45, 2.75) is 20.0 Å². The van der Waals surface area contributed by atoms with Gasteiger partial charge in [-0.25, -0.2) is 4.79 Å². The molecule has 1 aromatic carbocycles. The molecule has 0 aliphatic heterocycles. The first-order valence-electron chi connectivity index (χ1n) is 7.19. The van der Waals surface area contributed by atoms with Gasteiger partial charge in [-0.15, -0.1) is 11.3 Å². The van der Waals surface area contributed by atoms with Crippen molar-refractivity contribution < 1.29 is 27.5 Å². The van der Waals surface area contributed by atoms with Crippen LogP contribution in [-0.4, -0.2) is 18.5 Å². The molecule has 1 aromatic heterocycles. The fourth-order valence-electron chi connectivity index (χ4n) is 2.17. The van der Waals surface area contributed by atoms with Crippen molar-refractivity contribution in [3.8, 4) is 0 Å². The molecule has 0 atom stereocenters. The molecule has 1 amide bonds. The largest absolute Gasteiger partial charge is 0.462 e. The maximum absolute atomic E-state index is 12.7. The number of amides is 1. The number of nitrogens with two attached hydrogens (primary N) is 1. The molecule has 0 saturated carbocycles. The molecule has 2 aromatic rings. The van der Waals surface area contributed by atoms with Crippen molar-refractivity contribution in [1.82, 2.24) is 0 Å². The number of hydrogen-bond acceptors (Lipinski definition) is 5. The molecule has 25 heavy (non-hydrogen) atoms. The molecule has 5 nitrogen and oxygen atoms in total. The minimum absolute atomic E-state index is 0.0103. The third-order valence-electron chi connectivity index (χ3n) is 3.31. The molecule has 3 N–H and O–H groups in total. The van der Waals surface area contributed by atoms with Crippen LogP contribution in [0.3, 0.4) is 0 Å². The van der Waals surface area contributed by atoms with E-state index < -0.39 is 23.6 Å². The molecular formula is C16H15F3N2O3S. The Hall–Kier alpha value is -2.55. The van der Waals surface area contributed by atoms with Crippen LogP contribution in [0, 0.1) is 6.92 Å². The topological polar surface area (TPSA) is 81.4 Å². The lowest BCUT2D eigenvalue weighted by molar-refractivity contribution is -0.137. The highest BCUT2D eigenvalue weighted by Crippen LogP contribution is 2.33.